The summed E-state index contributed by atoms with van der Waals surface area (Å²) in [7, 11) is 0. The van der Waals surface area contributed by atoms with Gasteiger partial charge in [-0.1, -0.05) is 41.1 Å². The number of nitrogens with one attached hydrogen (secondary N) is 2. The van der Waals surface area contributed by atoms with Crippen molar-refractivity contribution in [3.8, 4) is 11.6 Å². The molecule has 1 saturated carbocycles. The van der Waals surface area contributed by atoms with Crippen LogP contribution in [0.4, 0.5) is 10.8 Å². The molecule has 190 valence electrons. The normalized spacial score (nSPS) is 13.4. The summed E-state index contributed by atoms with van der Waals surface area (Å²) in [5.41, 5.74) is 1.57. The lowest BCUT2D eigenvalue weighted by molar-refractivity contribution is -0.117. The predicted octanol–water partition coefficient (Wildman–Crippen LogP) is 6.27. The molecule has 0 saturated heterocycles. The van der Waals surface area contributed by atoms with E-state index in [1.807, 2.05) is 13.0 Å². The zero-order valence-corrected chi connectivity index (χ0v) is 22.0. The molecule has 0 bridgehead atoms. The van der Waals surface area contributed by atoms with Gasteiger partial charge >= 0.3 is 0 Å². The minimum absolute atomic E-state index is 0.00176. The molecular weight excluding hydrogens is 512 g/mol. The summed E-state index contributed by atoms with van der Waals surface area (Å²) in [6.45, 7) is 5.12. The highest BCUT2D eigenvalue weighted by Crippen LogP contribution is 2.34. The molecule has 37 heavy (non-hydrogen) atoms. The van der Waals surface area contributed by atoms with E-state index in [0.29, 0.717) is 38.4 Å². The van der Waals surface area contributed by atoms with Crippen LogP contribution in [0.5, 0.6) is 11.6 Å². The topological polar surface area (TPSA) is 113 Å². The Balaban J connectivity index is 1.33. The van der Waals surface area contributed by atoms with Gasteiger partial charge in [-0.05, 0) is 57.4 Å². The number of thiazole rings is 1. The number of ether oxygens (including phenoxy) is 1. The third-order valence-corrected chi connectivity index (χ3v) is 7.26. The number of amides is 2. The Morgan fingerprint density at radius 3 is 2.62 bits per heavy atom. The Bertz CT molecular complexity index is 1520. The summed E-state index contributed by atoms with van der Waals surface area (Å²) in [5.74, 6) is 0.571. The Morgan fingerprint density at radius 2 is 1.89 bits per heavy atom. The molecule has 1 aliphatic rings. The zero-order valence-electron chi connectivity index (χ0n) is 20.5. The lowest BCUT2D eigenvalue weighted by Crippen LogP contribution is -2.19. The number of rotatable bonds is 7. The van der Waals surface area contributed by atoms with Crippen LogP contribution in [0.15, 0.2) is 48.5 Å². The molecule has 1 aliphatic carbocycles. The van der Waals surface area contributed by atoms with E-state index >= 15 is 0 Å². The molecule has 1 fully saturated rings. The number of nitrogens with zero attached hydrogens (tertiary/aromatic N) is 2. The van der Waals surface area contributed by atoms with Gasteiger partial charge in [-0.15, -0.1) is 0 Å². The maximum atomic E-state index is 13.0. The molecular formula is C27H25ClN4O4S. The molecule has 8 nitrogen and oxygen atoms in total. The number of benzene rings is 2. The van der Waals surface area contributed by atoms with Crippen LogP contribution in [0.3, 0.4) is 0 Å². The number of anilines is 2. The first-order chi connectivity index (χ1) is 17.6. The lowest BCUT2D eigenvalue weighted by atomic mass is 9.96. The average molecular weight is 537 g/mol. The SMILES string of the molecule is Cc1ccc(NC(=O)c2cccc(C(C)(C)O)c2Cl)cc1Oc1ccc2nc(NC(=O)C3CC3)sc2n1. The number of hydrogen-bond donors (Lipinski definition) is 3. The first-order valence-electron chi connectivity index (χ1n) is 11.8. The predicted molar refractivity (Wildman–Crippen MR) is 145 cm³/mol. The number of carbonyl (C=O) groups excluding carboxylic acids is 2. The van der Waals surface area contributed by atoms with Gasteiger partial charge in [-0.25, -0.2) is 9.97 Å². The van der Waals surface area contributed by atoms with Gasteiger partial charge in [0, 0.05) is 29.3 Å². The van der Waals surface area contributed by atoms with E-state index < -0.39 is 11.5 Å². The zero-order chi connectivity index (χ0) is 26.3. The Kier molecular flexibility index (Phi) is 6.61. The van der Waals surface area contributed by atoms with E-state index in [9.17, 15) is 14.7 Å². The van der Waals surface area contributed by atoms with E-state index in [1.165, 1.54) is 11.3 Å². The van der Waals surface area contributed by atoms with Crippen LogP contribution >= 0.6 is 22.9 Å². The molecule has 4 aromatic rings. The second-order valence-electron chi connectivity index (χ2n) is 9.52. The molecule has 2 aromatic carbocycles. The lowest BCUT2D eigenvalue weighted by Gasteiger charge is -2.20. The fraction of sp³-hybridized carbons (Fsp3) is 0.259. The molecule has 0 spiro atoms. The van der Waals surface area contributed by atoms with Crippen LogP contribution in [-0.2, 0) is 10.4 Å². The Hall–Kier alpha value is -3.53. The first-order valence-corrected chi connectivity index (χ1v) is 13.0. The first kappa shape index (κ1) is 25.1. The van der Waals surface area contributed by atoms with Crippen LogP contribution < -0.4 is 15.4 Å². The third kappa shape index (κ3) is 5.58. The van der Waals surface area contributed by atoms with Crippen LogP contribution in [0.25, 0.3) is 10.3 Å². The summed E-state index contributed by atoms with van der Waals surface area (Å²) in [6, 6.07) is 13.8. The maximum absolute atomic E-state index is 13.0. The van der Waals surface area contributed by atoms with Crippen LogP contribution in [0.2, 0.25) is 5.02 Å². The van der Waals surface area contributed by atoms with E-state index in [4.69, 9.17) is 16.3 Å². The van der Waals surface area contributed by atoms with Gasteiger partial charge in [0.15, 0.2) is 5.13 Å². The van der Waals surface area contributed by atoms with Crippen molar-refractivity contribution in [2.75, 3.05) is 10.6 Å². The number of carbonyl (C=O) groups is 2. The van der Waals surface area contributed by atoms with Crippen molar-refractivity contribution in [1.82, 2.24) is 9.97 Å². The Morgan fingerprint density at radius 1 is 1.11 bits per heavy atom. The second-order valence-corrected chi connectivity index (χ2v) is 10.9. The van der Waals surface area contributed by atoms with Crippen molar-refractivity contribution in [1.29, 1.82) is 0 Å². The highest BCUT2D eigenvalue weighted by molar-refractivity contribution is 7.21. The average Bonchev–Trinajstić information content (AvgIpc) is 3.61. The quantitative estimate of drug-likeness (QED) is 0.256. The van der Waals surface area contributed by atoms with E-state index in [-0.39, 0.29) is 22.4 Å². The van der Waals surface area contributed by atoms with Gasteiger partial charge in [0.25, 0.3) is 5.91 Å². The summed E-state index contributed by atoms with van der Waals surface area (Å²) in [4.78, 5) is 34.6. The smallest absolute Gasteiger partial charge is 0.257 e. The van der Waals surface area contributed by atoms with E-state index in [0.717, 1.165) is 18.4 Å². The number of fused-ring (bicyclic) bond motifs is 1. The van der Waals surface area contributed by atoms with Gasteiger partial charge in [-0.3, -0.25) is 9.59 Å². The van der Waals surface area contributed by atoms with Gasteiger partial charge in [0.2, 0.25) is 11.8 Å². The van der Waals surface area contributed by atoms with Gasteiger partial charge in [-0.2, -0.15) is 0 Å². The number of halogens is 1. The molecule has 5 rings (SSSR count). The van der Waals surface area contributed by atoms with Crippen molar-refractivity contribution in [3.63, 3.8) is 0 Å². The summed E-state index contributed by atoms with van der Waals surface area (Å²) in [5, 5.41) is 16.8. The summed E-state index contributed by atoms with van der Waals surface area (Å²) < 4.78 is 6.04. The molecule has 0 unspecified atom stereocenters. The number of aliphatic hydroxyl groups is 1. The number of aromatic nitrogens is 2. The molecule has 2 aromatic heterocycles. The highest BCUT2D eigenvalue weighted by Gasteiger charge is 2.30. The molecule has 2 heterocycles. The van der Waals surface area contributed by atoms with Crippen molar-refractivity contribution < 1.29 is 19.4 Å². The molecule has 2 amide bonds. The van der Waals surface area contributed by atoms with E-state index in [1.54, 1.807) is 56.3 Å². The number of hydrogen-bond acceptors (Lipinski definition) is 7. The van der Waals surface area contributed by atoms with Crippen molar-refractivity contribution in [3.05, 3.63) is 70.2 Å². The Labute approximate surface area is 222 Å². The van der Waals surface area contributed by atoms with Gasteiger partial charge in [0.1, 0.15) is 16.1 Å². The summed E-state index contributed by atoms with van der Waals surface area (Å²) >= 11 is 7.72. The summed E-state index contributed by atoms with van der Waals surface area (Å²) in [6.07, 6.45) is 1.85. The highest BCUT2D eigenvalue weighted by atomic mass is 35.5. The van der Waals surface area contributed by atoms with Gasteiger partial charge in [0.05, 0.1) is 16.2 Å². The molecule has 10 heteroatoms. The number of pyridine rings is 1. The molecule has 0 atom stereocenters. The molecule has 3 N–H and O–H groups in total. The maximum Gasteiger partial charge on any atom is 0.257 e. The molecule has 0 radical (unpaired) electrons. The fourth-order valence-electron chi connectivity index (χ4n) is 3.74. The van der Waals surface area contributed by atoms with Crippen molar-refractivity contribution >= 4 is 55.9 Å². The number of aryl methyl sites for hydroxylation is 1. The van der Waals surface area contributed by atoms with Crippen LogP contribution in [-0.4, -0.2) is 26.9 Å². The van der Waals surface area contributed by atoms with E-state index in [2.05, 4.69) is 20.6 Å². The monoisotopic (exact) mass is 536 g/mol. The van der Waals surface area contributed by atoms with Crippen LogP contribution in [0, 0.1) is 12.8 Å². The third-order valence-electron chi connectivity index (χ3n) is 5.97. The van der Waals surface area contributed by atoms with Crippen molar-refractivity contribution in [2.45, 2.75) is 39.2 Å². The second kappa shape index (κ2) is 9.74. The minimum Gasteiger partial charge on any atom is -0.439 e. The minimum atomic E-state index is -1.19. The van der Waals surface area contributed by atoms with Gasteiger partial charge < -0.3 is 20.5 Å². The fourth-order valence-corrected chi connectivity index (χ4v) is 5.02. The largest absolute Gasteiger partial charge is 0.439 e. The standard InChI is InChI=1S/C27H25ClN4O4S/c1-14-7-10-16(29-24(34)17-5-4-6-18(22(17)28)27(2,3)35)13-20(14)36-21-12-11-19-25(31-21)37-26(30-19)32-23(33)15-8-9-15/h4-7,10-13,15,35H,8-9H2,1-3H3,(H,29,34)(H,30,32,33). The molecule has 0 aliphatic heterocycles. The van der Waals surface area contributed by atoms with Crippen LogP contribution in [0.1, 0.15) is 48.2 Å². The van der Waals surface area contributed by atoms with Crippen molar-refractivity contribution in [2.24, 2.45) is 5.92 Å².